The summed E-state index contributed by atoms with van der Waals surface area (Å²) in [7, 11) is 0. The number of carbonyl (C=O) groups excluding carboxylic acids is 1. The maximum absolute atomic E-state index is 11.7. The molecule has 0 aliphatic heterocycles. The molecular weight excluding hydrogens is 473 g/mol. The molecule has 0 bridgehead atoms. The fourth-order valence-electron chi connectivity index (χ4n) is 3.73. The maximum Gasteiger partial charge on any atom is 0.220 e. The molecule has 0 saturated carbocycles. The molecular formula is C25H33Cl2N5O2. The van der Waals surface area contributed by atoms with Gasteiger partial charge in [-0.1, -0.05) is 30.5 Å². The molecule has 3 rings (SSSR count). The van der Waals surface area contributed by atoms with Crippen molar-refractivity contribution in [3.63, 3.8) is 0 Å². The standard InChI is InChI=1S/C25H32ClN5O2.ClH/c1-17-20-10-8-18(26)15-23(20)31-22-11-9-19(16-21(17)22)33-14-5-3-2-4-12-29-24(32)7-6-13-30-25(27)28;/h8-11,15-16H,2-7,12-14H2,1H3,(H,29,32)(H4,27,28,30);1H. The third-order valence-electron chi connectivity index (χ3n) is 5.50. The normalized spacial score (nSPS) is 10.6. The zero-order chi connectivity index (χ0) is 23.6. The number of carbonyl (C=O) groups is 1. The van der Waals surface area contributed by atoms with Gasteiger partial charge in [0.25, 0.3) is 0 Å². The summed E-state index contributed by atoms with van der Waals surface area (Å²) in [6.07, 6.45) is 5.12. The van der Waals surface area contributed by atoms with Gasteiger partial charge in [0.05, 0.1) is 17.6 Å². The SMILES string of the molecule is Cc1c2ccc(Cl)cc2nc2ccc(OCCCCCCNC(=O)CCCN=C(N)N)cc12.Cl. The fraction of sp³-hybridized carbons (Fsp3) is 0.400. The molecule has 0 saturated heterocycles. The van der Waals surface area contributed by atoms with Gasteiger partial charge in [0.2, 0.25) is 5.91 Å². The van der Waals surface area contributed by atoms with Crippen molar-refractivity contribution in [3.05, 3.63) is 47.0 Å². The third-order valence-corrected chi connectivity index (χ3v) is 5.73. The zero-order valence-corrected chi connectivity index (χ0v) is 21.1. The highest BCUT2D eigenvalue weighted by atomic mass is 35.5. The minimum atomic E-state index is 0. The first kappa shape index (κ1) is 27.5. The topological polar surface area (TPSA) is 116 Å². The number of nitrogens with one attached hydrogen (secondary N) is 1. The Morgan fingerprint density at radius 1 is 1.03 bits per heavy atom. The van der Waals surface area contributed by atoms with E-state index in [4.69, 9.17) is 32.8 Å². The minimum absolute atomic E-state index is 0. The summed E-state index contributed by atoms with van der Waals surface area (Å²) in [6.45, 7) is 3.94. The highest BCUT2D eigenvalue weighted by Gasteiger charge is 2.08. The lowest BCUT2D eigenvalue weighted by Gasteiger charge is -2.11. The average molecular weight is 506 g/mol. The number of nitrogens with zero attached hydrogens (tertiary/aromatic N) is 2. The molecule has 2 aromatic carbocycles. The van der Waals surface area contributed by atoms with Crippen LogP contribution in [0.25, 0.3) is 21.8 Å². The molecule has 0 aliphatic rings. The Kier molecular flexibility index (Phi) is 11.2. The predicted molar refractivity (Wildman–Crippen MR) is 143 cm³/mol. The molecule has 0 atom stereocenters. The van der Waals surface area contributed by atoms with Gasteiger partial charge in [-0.2, -0.15) is 0 Å². The Morgan fingerprint density at radius 3 is 2.62 bits per heavy atom. The van der Waals surface area contributed by atoms with Crippen LogP contribution in [-0.2, 0) is 4.79 Å². The predicted octanol–water partition coefficient (Wildman–Crippen LogP) is 4.88. The van der Waals surface area contributed by atoms with Crippen molar-refractivity contribution >= 4 is 57.7 Å². The quantitative estimate of drug-likeness (QED) is 0.140. The van der Waals surface area contributed by atoms with Crippen molar-refractivity contribution in [1.29, 1.82) is 0 Å². The lowest BCUT2D eigenvalue weighted by Crippen LogP contribution is -2.25. The highest BCUT2D eigenvalue weighted by molar-refractivity contribution is 6.31. The molecule has 1 amide bonds. The van der Waals surface area contributed by atoms with Crippen LogP contribution in [0.2, 0.25) is 5.02 Å². The third kappa shape index (κ3) is 8.22. The van der Waals surface area contributed by atoms with Crippen molar-refractivity contribution in [2.45, 2.75) is 45.4 Å². The van der Waals surface area contributed by atoms with Crippen molar-refractivity contribution in [1.82, 2.24) is 10.3 Å². The summed E-state index contributed by atoms with van der Waals surface area (Å²) in [5.41, 5.74) is 13.5. The molecule has 1 aromatic heterocycles. The monoisotopic (exact) mass is 505 g/mol. The second kappa shape index (κ2) is 13.8. The van der Waals surface area contributed by atoms with Crippen LogP contribution < -0.4 is 21.5 Å². The summed E-state index contributed by atoms with van der Waals surface area (Å²) < 4.78 is 5.97. The van der Waals surface area contributed by atoms with E-state index in [-0.39, 0.29) is 24.3 Å². The number of aryl methyl sites for hydroxylation is 1. The summed E-state index contributed by atoms with van der Waals surface area (Å²) in [6, 6.07) is 11.8. The summed E-state index contributed by atoms with van der Waals surface area (Å²) >= 11 is 6.11. The molecule has 0 unspecified atom stereocenters. The highest BCUT2D eigenvalue weighted by Crippen LogP contribution is 2.29. The number of nitrogens with two attached hydrogens (primary N) is 2. The summed E-state index contributed by atoms with van der Waals surface area (Å²) in [5, 5.41) is 5.82. The largest absolute Gasteiger partial charge is 0.494 e. The number of benzene rings is 2. The van der Waals surface area contributed by atoms with E-state index in [9.17, 15) is 4.79 Å². The molecule has 0 spiro atoms. The molecule has 1 heterocycles. The van der Waals surface area contributed by atoms with E-state index in [0.29, 0.717) is 37.6 Å². The number of aromatic nitrogens is 1. The second-order valence-corrected chi connectivity index (χ2v) is 8.54. The van der Waals surface area contributed by atoms with E-state index < -0.39 is 0 Å². The summed E-state index contributed by atoms with van der Waals surface area (Å²) in [5.74, 6) is 0.960. The van der Waals surface area contributed by atoms with E-state index >= 15 is 0 Å². The lowest BCUT2D eigenvalue weighted by molar-refractivity contribution is -0.121. The van der Waals surface area contributed by atoms with Gasteiger partial charge in [-0.25, -0.2) is 4.98 Å². The molecule has 0 aliphatic carbocycles. The summed E-state index contributed by atoms with van der Waals surface area (Å²) in [4.78, 5) is 20.3. The number of fused-ring (bicyclic) bond motifs is 2. The van der Waals surface area contributed by atoms with Crippen molar-refractivity contribution < 1.29 is 9.53 Å². The number of halogens is 2. The van der Waals surface area contributed by atoms with Crippen LogP contribution in [-0.4, -0.2) is 36.5 Å². The number of hydrogen-bond donors (Lipinski definition) is 3. The minimum Gasteiger partial charge on any atom is -0.494 e. The fourth-order valence-corrected chi connectivity index (χ4v) is 3.89. The first-order valence-electron chi connectivity index (χ1n) is 11.4. The van der Waals surface area contributed by atoms with Gasteiger partial charge in [-0.05, 0) is 62.1 Å². The maximum atomic E-state index is 11.7. The van der Waals surface area contributed by atoms with E-state index in [0.717, 1.165) is 53.2 Å². The first-order chi connectivity index (χ1) is 15.9. The molecule has 0 fully saturated rings. The number of aliphatic imine (C=N–C) groups is 1. The van der Waals surface area contributed by atoms with Crippen molar-refractivity contribution in [2.75, 3.05) is 19.7 Å². The molecule has 34 heavy (non-hydrogen) atoms. The Labute approximate surface area is 211 Å². The van der Waals surface area contributed by atoms with Gasteiger partial charge in [0.1, 0.15) is 5.75 Å². The van der Waals surface area contributed by atoms with Crippen LogP contribution in [0.3, 0.4) is 0 Å². The molecule has 184 valence electrons. The van der Waals surface area contributed by atoms with Crippen LogP contribution in [0.5, 0.6) is 5.75 Å². The second-order valence-electron chi connectivity index (χ2n) is 8.10. The van der Waals surface area contributed by atoms with Gasteiger partial charge < -0.3 is 21.5 Å². The van der Waals surface area contributed by atoms with E-state index in [1.165, 1.54) is 5.56 Å². The number of rotatable bonds is 12. The van der Waals surface area contributed by atoms with Crippen molar-refractivity contribution in [3.8, 4) is 5.75 Å². The Balaban J connectivity index is 0.00000408. The molecule has 7 nitrogen and oxygen atoms in total. The van der Waals surface area contributed by atoms with Gasteiger partial charge in [-0.15, -0.1) is 12.4 Å². The number of guanidine groups is 1. The Bertz CT molecular complexity index is 1130. The number of ether oxygens (including phenoxy) is 1. The van der Waals surface area contributed by atoms with Crippen LogP contribution in [0.1, 0.15) is 44.1 Å². The first-order valence-corrected chi connectivity index (χ1v) is 11.8. The Morgan fingerprint density at radius 2 is 1.82 bits per heavy atom. The smallest absolute Gasteiger partial charge is 0.220 e. The van der Waals surface area contributed by atoms with Crippen LogP contribution in [0, 0.1) is 6.92 Å². The molecule has 9 heteroatoms. The zero-order valence-electron chi connectivity index (χ0n) is 19.5. The number of unbranched alkanes of at least 4 members (excludes halogenated alkanes) is 3. The van der Waals surface area contributed by atoms with Gasteiger partial charge in [0.15, 0.2) is 5.96 Å². The Hall–Kier alpha value is -2.77. The molecule has 5 N–H and O–H groups in total. The number of pyridine rings is 1. The average Bonchev–Trinajstić information content (AvgIpc) is 2.78. The van der Waals surface area contributed by atoms with Crippen LogP contribution in [0.15, 0.2) is 41.4 Å². The molecule has 0 radical (unpaired) electrons. The number of hydrogen-bond acceptors (Lipinski definition) is 4. The van der Waals surface area contributed by atoms with Gasteiger partial charge in [0, 0.05) is 35.3 Å². The van der Waals surface area contributed by atoms with Crippen molar-refractivity contribution in [2.24, 2.45) is 16.5 Å². The molecule has 3 aromatic rings. The van der Waals surface area contributed by atoms with Gasteiger partial charge >= 0.3 is 0 Å². The van der Waals surface area contributed by atoms with E-state index in [1.54, 1.807) is 0 Å². The lowest BCUT2D eigenvalue weighted by atomic mass is 10.0. The number of amides is 1. The van der Waals surface area contributed by atoms with Crippen LogP contribution in [0.4, 0.5) is 0 Å². The van der Waals surface area contributed by atoms with E-state index in [1.807, 2.05) is 30.3 Å². The van der Waals surface area contributed by atoms with E-state index in [2.05, 4.69) is 23.3 Å². The van der Waals surface area contributed by atoms with Crippen LogP contribution >= 0.6 is 24.0 Å². The van der Waals surface area contributed by atoms with Gasteiger partial charge in [-0.3, -0.25) is 9.79 Å².